The molecular formula is C14H9FN2O3. The number of rotatable bonds is 2. The van der Waals surface area contributed by atoms with Crippen molar-refractivity contribution in [2.75, 3.05) is 5.32 Å². The van der Waals surface area contributed by atoms with Gasteiger partial charge in [-0.25, -0.2) is 4.39 Å². The van der Waals surface area contributed by atoms with E-state index < -0.39 is 17.5 Å². The lowest BCUT2D eigenvalue weighted by Gasteiger charge is -2.07. The lowest BCUT2D eigenvalue weighted by Crippen LogP contribution is -2.11. The molecule has 0 heterocycles. The Bertz CT molecular complexity index is 723. The summed E-state index contributed by atoms with van der Waals surface area (Å²) in [6, 6.07) is 8.84. The fraction of sp³-hybridized carbons (Fsp3) is 0. The van der Waals surface area contributed by atoms with Gasteiger partial charge in [-0.1, -0.05) is 0 Å². The first kappa shape index (κ1) is 13.4. The molecule has 0 spiro atoms. The Morgan fingerprint density at radius 2 is 1.90 bits per heavy atom. The van der Waals surface area contributed by atoms with Crippen LogP contribution >= 0.6 is 0 Å². The maximum absolute atomic E-state index is 13.1. The van der Waals surface area contributed by atoms with E-state index in [0.717, 1.165) is 12.1 Å². The lowest BCUT2D eigenvalue weighted by molar-refractivity contribution is 0.102. The smallest absolute Gasteiger partial charge is 0.255 e. The monoisotopic (exact) mass is 272 g/mol. The quantitative estimate of drug-likeness (QED) is 0.731. The molecule has 0 aliphatic heterocycles. The van der Waals surface area contributed by atoms with E-state index in [1.165, 1.54) is 24.3 Å². The average molecular weight is 272 g/mol. The van der Waals surface area contributed by atoms with Crippen LogP contribution in [-0.2, 0) is 0 Å². The molecule has 0 fully saturated rings. The molecule has 0 unspecified atom stereocenters. The van der Waals surface area contributed by atoms with E-state index in [2.05, 4.69) is 5.32 Å². The number of carbonyl (C=O) groups is 1. The summed E-state index contributed by atoms with van der Waals surface area (Å²) in [6.07, 6.45) is 0. The minimum absolute atomic E-state index is 0.114. The highest BCUT2D eigenvalue weighted by Crippen LogP contribution is 2.25. The van der Waals surface area contributed by atoms with E-state index in [1.54, 1.807) is 6.07 Å². The molecule has 100 valence electrons. The van der Waals surface area contributed by atoms with Crippen LogP contribution in [0.1, 0.15) is 15.9 Å². The SMILES string of the molecule is N#Cc1cc(NC(=O)c2ccc(O)c(O)c2)ccc1F. The number of anilines is 1. The van der Waals surface area contributed by atoms with E-state index in [9.17, 15) is 14.3 Å². The van der Waals surface area contributed by atoms with Gasteiger partial charge in [0.1, 0.15) is 11.9 Å². The Hall–Kier alpha value is -3.07. The van der Waals surface area contributed by atoms with E-state index in [4.69, 9.17) is 10.4 Å². The predicted octanol–water partition coefficient (Wildman–Crippen LogP) is 2.36. The molecular weight excluding hydrogens is 263 g/mol. The Kier molecular flexibility index (Phi) is 3.53. The van der Waals surface area contributed by atoms with Crippen molar-refractivity contribution in [2.24, 2.45) is 0 Å². The maximum Gasteiger partial charge on any atom is 0.255 e. The summed E-state index contributed by atoms with van der Waals surface area (Å²) in [5.74, 6) is -1.99. The first-order valence-corrected chi connectivity index (χ1v) is 5.54. The molecule has 3 N–H and O–H groups in total. The number of nitriles is 1. The molecule has 6 heteroatoms. The molecule has 0 saturated carbocycles. The van der Waals surface area contributed by atoms with E-state index in [1.807, 2.05) is 0 Å². The molecule has 0 aromatic heterocycles. The van der Waals surface area contributed by atoms with Crippen molar-refractivity contribution in [1.82, 2.24) is 0 Å². The van der Waals surface area contributed by atoms with Gasteiger partial charge in [-0.15, -0.1) is 0 Å². The van der Waals surface area contributed by atoms with E-state index >= 15 is 0 Å². The van der Waals surface area contributed by atoms with Gasteiger partial charge in [-0.3, -0.25) is 4.79 Å². The van der Waals surface area contributed by atoms with Gasteiger partial charge in [-0.05, 0) is 36.4 Å². The van der Waals surface area contributed by atoms with Crippen molar-refractivity contribution < 1.29 is 19.4 Å². The van der Waals surface area contributed by atoms with Gasteiger partial charge in [0.05, 0.1) is 5.56 Å². The molecule has 2 aromatic rings. The Labute approximate surface area is 113 Å². The van der Waals surface area contributed by atoms with Gasteiger partial charge in [0, 0.05) is 11.3 Å². The number of phenolic OH excluding ortho intramolecular Hbond substituents is 2. The minimum Gasteiger partial charge on any atom is -0.504 e. The largest absolute Gasteiger partial charge is 0.504 e. The zero-order valence-corrected chi connectivity index (χ0v) is 10.1. The summed E-state index contributed by atoms with van der Waals surface area (Å²) in [7, 11) is 0. The summed E-state index contributed by atoms with van der Waals surface area (Å²) in [5.41, 5.74) is 0.181. The average Bonchev–Trinajstić information content (AvgIpc) is 2.43. The van der Waals surface area contributed by atoms with Crippen LogP contribution in [0.5, 0.6) is 11.5 Å². The predicted molar refractivity (Wildman–Crippen MR) is 68.8 cm³/mol. The normalized spacial score (nSPS) is 9.80. The number of nitrogens with zero attached hydrogens (tertiary/aromatic N) is 1. The zero-order valence-electron chi connectivity index (χ0n) is 10.1. The molecule has 5 nitrogen and oxygen atoms in total. The van der Waals surface area contributed by atoms with Gasteiger partial charge in [-0.2, -0.15) is 5.26 Å². The molecule has 1 amide bonds. The maximum atomic E-state index is 13.1. The number of carbonyl (C=O) groups excluding carboxylic acids is 1. The highest BCUT2D eigenvalue weighted by molar-refractivity contribution is 6.04. The number of hydrogen-bond acceptors (Lipinski definition) is 4. The van der Waals surface area contributed by atoms with Crippen LogP contribution in [0.3, 0.4) is 0 Å². The molecule has 2 rings (SSSR count). The van der Waals surface area contributed by atoms with E-state index in [0.29, 0.717) is 0 Å². The van der Waals surface area contributed by atoms with Crippen molar-refractivity contribution in [3.63, 3.8) is 0 Å². The van der Waals surface area contributed by atoms with Crippen LogP contribution in [-0.4, -0.2) is 16.1 Å². The van der Waals surface area contributed by atoms with E-state index in [-0.39, 0.29) is 22.6 Å². The van der Waals surface area contributed by atoms with Gasteiger partial charge in [0.2, 0.25) is 0 Å². The summed E-state index contributed by atoms with van der Waals surface area (Å²) in [6.45, 7) is 0. The number of amides is 1. The summed E-state index contributed by atoms with van der Waals surface area (Å²) < 4.78 is 13.1. The summed E-state index contributed by atoms with van der Waals surface area (Å²) >= 11 is 0. The lowest BCUT2D eigenvalue weighted by atomic mass is 10.1. The van der Waals surface area contributed by atoms with Crippen LogP contribution in [0.15, 0.2) is 36.4 Å². The van der Waals surface area contributed by atoms with Gasteiger partial charge >= 0.3 is 0 Å². The van der Waals surface area contributed by atoms with Crippen LogP contribution in [0.25, 0.3) is 0 Å². The second-order valence-corrected chi connectivity index (χ2v) is 3.96. The Balaban J connectivity index is 2.23. The third kappa shape index (κ3) is 2.67. The number of nitrogens with one attached hydrogen (secondary N) is 1. The minimum atomic E-state index is -0.673. The van der Waals surface area contributed by atoms with Crippen LogP contribution in [0.4, 0.5) is 10.1 Å². The second-order valence-electron chi connectivity index (χ2n) is 3.96. The molecule has 0 aliphatic rings. The van der Waals surface area contributed by atoms with Crippen molar-refractivity contribution in [2.45, 2.75) is 0 Å². The molecule has 0 radical (unpaired) electrons. The third-order valence-electron chi connectivity index (χ3n) is 2.58. The summed E-state index contributed by atoms with van der Waals surface area (Å²) in [4.78, 5) is 11.9. The molecule has 0 atom stereocenters. The van der Waals surface area contributed by atoms with Crippen molar-refractivity contribution in [3.8, 4) is 17.6 Å². The van der Waals surface area contributed by atoms with Crippen molar-refractivity contribution >= 4 is 11.6 Å². The highest BCUT2D eigenvalue weighted by Gasteiger charge is 2.10. The van der Waals surface area contributed by atoms with Gasteiger partial charge in [0.15, 0.2) is 11.5 Å². The number of halogens is 1. The number of phenols is 2. The first-order valence-electron chi connectivity index (χ1n) is 5.54. The number of aromatic hydroxyl groups is 2. The molecule has 2 aromatic carbocycles. The fourth-order valence-corrected chi connectivity index (χ4v) is 1.56. The molecule has 0 aliphatic carbocycles. The van der Waals surface area contributed by atoms with Crippen molar-refractivity contribution in [3.05, 3.63) is 53.3 Å². The van der Waals surface area contributed by atoms with Gasteiger partial charge in [0.25, 0.3) is 5.91 Å². The van der Waals surface area contributed by atoms with Crippen LogP contribution in [0, 0.1) is 17.1 Å². The third-order valence-corrected chi connectivity index (χ3v) is 2.58. The second kappa shape index (κ2) is 5.28. The molecule has 0 bridgehead atoms. The van der Waals surface area contributed by atoms with Crippen LogP contribution in [0.2, 0.25) is 0 Å². The molecule has 0 saturated heterocycles. The zero-order chi connectivity index (χ0) is 14.7. The summed E-state index contributed by atoms with van der Waals surface area (Å²) in [5, 5.41) is 29.6. The standard InChI is InChI=1S/C14H9FN2O3/c15-11-3-2-10(5-9(11)7-16)17-14(20)8-1-4-12(18)13(19)6-8/h1-6,18-19H,(H,17,20). The molecule has 20 heavy (non-hydrogen) atoms. The van der Waals surface area contributed by atoms with Crippen LogP contribution < -0.4 is 5.32 Å². The van der Waals surface area contributed by atoms with Gasteiger partial charge < -0.3 is 15.5 Å². The van der Waals surface area contributed by atoms with Crippen molar-refractivity contribution in [1.29, 1.82) is 5.26 Å². The fourth-order valence-electron chi connectivity index (χ4n) is 1.56. The first-order chi connectivity index (χ1) is 9.51. The highest BCUT2D eigenvalue weighted by atomic mass is 19.1. The number of hydrogen-bond donors (Lipinski definition) is 3. The Morgan fingerprint density at radius 1 is 1.15 bits per heavy atom. The number of benzene rings is 2. The topological polar surface area (TPSA) is 93.4 Å². The Morgan fingerprint density at radius 3 is 2.55 bits per heavy atom.